The first-order chi connectivity index (χ1) is 12.7. The molecule has 4 rings (SSSR count). The molecule has 1 N–H and O–H groups in total. The number of fused-ring (bicyclic) bond motifs is 1. The molecule has 3 aromatic carbocycles. The summed E-state index contributed by atoms with van der Waals surface area (Å²) < 4.78 is 6.01. The Kier molecular flexibility index (Phi) is 4.46. The van der Waals surface area contributed by atoms with Gasteiger partial charge < -0.3 is 4.74 Å². The normalized spacial score (nSPS) is 15.5. The van der Waals surface area contributed by atoms with Gasteiger partial charge in [0.1, 0.15) is 12.4 Å². The largest absolute Gasteiger partial charge is 0.488 e. The van der Waals surface area contributed by atoms with Crippen molar-refractivity contribution in [1.82, 2.24) is 5.32 Å². The number of ether oxygens (including phenoxy) is 1. The van der Waals surface area contributed by atoms with Crippen LogP contribution in [0.1, 0.15) is 11.1 Å². The lowest BCUT2D eigenvalue weighted by Crippen LogP contribution is -2.17. The molecule has 0 atom stereocenters. The molecule has 1 aliphatic rings. The third-order valence-corrected chi connectivity index (χ3v) is 4.89. The smallest absolute Gasteiger partial charge is 0.290 e. The Morgan fingerprint density at radius 3 is 2.35 bits per heavy atom. The topological polar surface area (TPSA) is 55.4 Å². The zero-order valence-corrected chi connectivity index (χ0v) is 14.6. The van der Waals surface area contributed by atoms with Crippen molar-refractivity contribution in [2.45, 2.75) is 6.61 Å². The van der Waals surface area contributed by atoms with Crippen molar-refractivity contribution in [1.29, 1.82) is 0 Å². The van der Waals surface area contributed by atoms with Gasteiger partial charge in [0.05, 0.1) is 4.91 Å². The van der Waals surface area contributed by atoms with Gasteiger partial charge in [-0.15, -0.1) is 0 Å². The summed E-state index contributed by atoms with van der Waals surface area (Å²) in [5.74, 6) is 0.430. The molecule has 1 saturated heterocycles. The Hall–Kier alpha value is -3.05. The first kappa shape index (κ1) is 16.4. The molecule has 0 aliphatic carbocycles. The van der Waals surface area contributed by atoms with Crippen LogP contribution in [0.4, 0.5) is 4.79 Å². The van der Waals surface area contributed by atoms with E-state index < -0.39 is 0 Å². The number of carbonyl (C=O) groups excluding carboxylic acids is 2. The van der Waals surface area contributed by atoms with Crippen LogP contribution in [0.2, 0.25) is 0 Å². The Morgan fingerprint density at radius 1 is 0.885 bits per heavy atom. The van der Waals surface area contributed by atoms with Crippen molar-refractivity contribution in [2.75, 3.05) is 0 Å². The molecular formula is C21H15NO3S. The number of thioether (sulfide) groups is 1. The van der Waals surface area contributed by atoms with Gasteiger partial charge >= 0.3 is 0 Å². The van der Waals surface area contributed by atoms with Crippen molar-refractivity contribution in [3.63, 3.8) is 0 Å². The van der Waals surface area contributed by atoms with E-state index >= 15 is 0 Å². The van der Waals surface area contributed by atoms with Crippen LogP contribution in [0.25, 0.3) is 16.8 Å². The average Bonchev–Trinajstić information content (AvgIpc) is 2.99. The lowest BCUT2D eigenvalue weighted by atomic mass is 10.0. The average molecular weight is 361 g/mol. The Labute approximate surface area is 154 Å². The van der Waals surface area contributed by atoms with E-state index in [1.54, 1.807) is 6.08 Å². The predicted octanol–water partition coefficient (Wildman–Crippen LogP) is 4.74. The number of hydrogen-bond acceptors (Lipinski definition) is 4. The van der Waals surface area contributed by atoms with Gasteiger partial charge in [-0.25, -0.2) is 0 Å². The first-order valence-corrected chi connectivity index (χ1v) is 8.96. The number of hydrogen-bond donors (Lipinski definition) is 1. The molecule has 0 bridgehead atoms. The van der Waals surface area contributed by atoms with Crippen molar-refractivity contribution in [2.24, 2.45) is 0 Å². The van der Waals surface area contributed by atoms with E-state index in [0.717, 1.165) is 39.4 Å². The minimum absolute atomic E-state index is 0.339. The lowest BCUT2D eigenvalue weighted by Gasteiger charge is -2.11. The molecule has 1 heterocycles. The highest BCUT2D eigenvalue weighted by molar-refractivity contribution is 8.18. The highest BCUT2D eigenvalue weighted by Gasteiger charge is 2.25. The van der Waals surface area contributed by atoms with Crippen LogP contribution in [0.5, 0.6) is 5.75 Å². The maximum atomic E-state index is 11.8. The second-order valence-electron chi connectivity index (χ2n) is 5.83. The zero-order chi connectivity index (χ0) is 17.9. The summed E-state index contributed by atoms with van der Waals surface area (Å²) in [4.78, 5) is 23.6. The first-order valence-electron chi connectivity index (χ1n) is 8.14. The van der Waals surface area contributed by atoms with E-state index in [2.05, 4.69) is 5.32 Å². The van der Waals surface area contributed by atoms with Crippen LogP contribution >= 0.6 is 11.8 Å². The van der Waals surface area contributed by atoms with E-state index in [-0.39, 0.29) is 11.1 Å². The highest BCUT2D eigenvalue weighted by Crippen LogP contribution is 2.33. The Morgan fingerprint density at radius 2 is 1.62 bits per heavy atom. The van der Waals surface area contributed by atoms with Crippen molar-refractivity contribution >= 4 is 39.8 Å². The fourth-order valence-corrected chi connectivity index (χ4v) is 3.52. The van der Waals surface area contributed by atoms with Gasteiger partial charge in [0.25, 0.3) is 11.1 Å². The Bertz CT molecular complexity index is 1030. The summed E-state index contributed by atoms with van der Waals surface area (Å²) in [6.45, 7) is 0.484. The maximum Gasteiger partial charge on any atom is 0.290 e. The van der Waals surface area contributed by atoms with Crippen LogP contribution in [-0.4, -0.2) is 11.1 Å². The third-order valence-electron chi connectivity index (χ3n) is 4.08. The van der Waals surface area contributed by atoms with Gasteiger partial charge in [-0.05, 0) is 40.4 Å². The van der Waals surface area contributed by atoms with Crippen molar-refractivity contribution < 1.29 is 14.3 Å². The molecular weight excluding hydrogens is 346 g/mol. The van der Waals surface area contributed by atoms with E-state index in [1.165, 1.54) is 0 Å². The molecule has 3 aromatic rings. The number of carbonyl (C=O) groups is 2. The number of rotatable bonds is 4. The summed E-state index contributed by atoms with van der Waals surface area (Å²) in [6.07, 6.45) is 1.74. The van der Waals surface area contributed by atoms with Gasteiger partial charge in [-0.1, -0.05) is 60.7 Å². The lowest BCUT2D eigenvalue weighted by molar-refractivity contribution is -0.115. The SMILES string of the molecule is O=C1NC(=O)C(=Cc2ccc(OCc3ccccc3)c3ccccc23)S1. The van der Waals surface area contributed by atoms with Crippen LogP contribution in [0.15, 0.2) is 71.6 Å². The summed E-state index contributed by atoms with van der Waals surface area (Å²) in [5, 5.41) is 3.87. The zero-order valence-electron chi connectivity index (χ0n) is 13.8. The van der Waals surface area contributed by atoms with Gasteiger partial charge in [0.15, 0.2) is 0 Å². The van der Waals surface area contributed by atoms with Crippen LogP contribution in [0, 0.1) is 0 Å². The van der Waals surface area contributed by atoms with Crippen LogP contribution < -0.4 is 10.1 Å². The molecule has 0 spiro atoms. The van der Waals surface area contributed by atoms with Gasteiger partial charge in [-0.2, -0.15) is 0 Å². The van der Waals surface area contributed by atoms with Gasteiger partial charge in [0, 0.05) is 5.39 Å². The standard InChI is InChI=1S/C21H15NO3S/c23-20-19(26-21(24)22-20)12-15-10-11-18(17-9-5-4-8-16(15)17)25-13-14-6-2-1-3-7-14/h1-12H,13H2,(H,22,23,24). The minimum atomic E-state index is -0.353. The molecule has 5 heteroatoms. The van der Waals surface area contributed by atoms with E-state index in [1.807, 2.05) is 66.7 Å². The van der Waals surface area contributed by atoms with Crippen LogP contribution in [-0.2, 0) is 11.4 Å². The molecule has 0 unspecified atom stereocenters. The summed E-state index contributed by atoms with van der Waals surface area (Å²) in [6, 6.07) is 21.7. The number of benzene rings is 3. The molecule has 128 valence electrons. The Balaban J connectivity index is 1.68. The molecule has 4 nitrogen and oxygen atoms in total. The fraction of sp³-hybridized carbons (Fsp3) is 0.0476. The number of imide groups is 1. The molecule has 2 amide bonds. The molecule has 26 heavy (non-hydrogen) atoms. The van der Waals surface area contributed by atoms with Crippen molar-refractivity contribution in [3.05, 3.63) is 82.8 Å². The third kappa shape index (κ3) is 3.34. The molecule has 0 radical (unpaired) electrons. The van der Waals surface area contributed by atoms with Crippen molar-refractivity contribution in [3.8, 4) is 5.75 Å². The minimum Gasteiger partial charge on any atom is -0.488 e. The second kappa shape index (κ2) is 7.06. The molecule has 0 saturated carbocycles. The van der Waals surface area contributed by atoms with E-state index in [4.69, 9.17) is 4.74 Å². The molecule has 0 aromatic heterocycles. The molecule has 1 fully saturated rings. The molecule has 1 aliphatic heterocycles. The quantitative estimate of drug-likeness (QED) is 0.682. The predicted molar refractivity (Wildman–Crippen MR) is 104 cm³/mol. The summed E-state index contributed by atoms with van der Waals surface area (Å²) in [5.41, 5.74) is 1.97. The second-order valence-corrected chi connectivity index (χ2v) is 6.84. The van der Waals surface area contributed by atoms with E-state index in [9.17, 15) is 9.59 Å². The highest BCUT2D eigenvalue weighted by atomic mass is 32.2. The van der Waals surface area contributed by atoms with Gasteiger partial charge in [0.2, 0.25) is 0 Å². The maximum absolute atomic E-state index is 11.8. The van der Waals surface area contributed by atoms with E-state index in [0.29, 0.717) is 11.5 Å². The summed E-state index contributed by atoms with van der Waals surface area (Å²) >= 11 is 0.919. The van der Waals surface area contributed by atoms with Crippen LogP contribution in [0.3, 0.4) is 0 Å². The fourth-order valence-electron chi connectivity index (χ4n) is 2.84. The summed E-state index contributed by atoms with van der Waals surface area (Å²) in [7, 11) is 0. The monoisotopic (exact) mass is 361 g/mol. The number of amides is 2. The van der Waals surface area contributed by atoms with Gasteiger partial charge in [-0.3, -0.25) is 14.9 Å². The number of nitrogens with one attached hydrogen (secondary N) is 1.